The van der Waals surface area contributed by atoms with E-state index in [2.05, 4.69) is 10.1 Å². The Kier molecular flexibility index (Phi) is 4.24. The van der Waals surface area contributed by atoms with Crippen LogP contribution in [0.25, 0.3) is 0 Å². The summed E-state index contributed by atoms with van der Waals surface area (Å²) >= 11 is 5.99. The third-order valence-corrected chi connectivity index (χ3v) is 4.25. The summed E-state index contributed by atoms with van der Waals surface area (Å²) in [5, 5.41) is 4.79. The molecule has 21 heavy (non-hydrogen) atoms. The number of rotatable bonds is 4. The van der Waals surface area contributed by atoms with Gasteiger partial charge in [0.05, 0.1) is 5.41 Å². The summed E-state index contributed by atoms with van der Waals surface area (Å²) in [5.41, 5.74) is 6.77. The molecule has 6 heteroatoms. The Balaban J connectivity index is 1.79. The van der Waals surface area contributed by atoms with E-state index in [-0.39, 0.29) is 5.41 Å². The van der Waals surface area contributed by atoms with Crippen molar-refractivity contribution >= 4 is 11.6 Å². The van der Waals surface area contributed by atoms with Gasteiger partial charge < -0.3 is 15.0 Å². The second-order valence-corrected chi connectivity index (χ2v) is 5.86. The lowest BCUT2D eigenvalue weighted by molar-refractivity contribution is 0.0409. The molecule has 2 aromatic rings. The normalized spacial score (nSPS) is 17.8. The fraction of sp³-hybridized carbons (Fsp3) is 0.467. The van der Waals surface area contributed by atoms with E-state index in [1.807, 2.05) is 24.3 Å². The molecule has 0 aliphatic carbocycles. The highest BCUT2D eigenvalue weighted by molar-refractivity contribution is 6.30. The Morgan fingerprint density at radius 1 is 1.29 bits per heavy atom. The molecule has 1 fully saturated rings. The van der Waals surface area contributed by atoms with Crippen LogP contribution >= 0.6 is 11.6 Å². The van der Waals surface area contributed by atoms with Crippen LogP contribution in [-0.2, 0) is 16.6 Å². The lowest BCUT2D eigenvalue weighted by Crippen LogP contribution is -2.40. The predicted octanol–water partition coefficient (Wildman–Crippen LogP) is 2.32. The average Bonchev–Trinajstić information content (AvgIpc) is 2.97. The molecule has 2 N–H and O–H groups in total. The molecule has 0 saturated carbocycles. The van der Waals surface area contributed by atoms with Crippen LogP contribution in [-0.4, -0.2) is 29.9 Å². The largest absolute Gasteiger partial charge is 0.381 e. The van der Waals surface area contributed by atoms with Gasteiger partial charge in [-0.05, 0) is 30.5 Å². The molecule has 1 aromatic carbocycles. The maximum atomic E-state index is 5.99. The van der Waals surface area contributed by atoms with E-state index in [0.29, 0.717) is 42.9 Å². The Morgan fingerprint density at radius 2 is 2.10 bits per heavy atom. The van der Waals surface area contributed by atoms with Crippen LogP contribution in [0.15, 0.2) is 28.8 Å². The fourth-order valence-electron chi connectivity index (χ4n) is 2.64. The molecule has 0 amide bonds. The summed E-state index contributed by atoms with van der Waals surface area (Å²) in [6, 6.07) is 7.66. The lowest BCUT2D eigenvalue weighted by Gasteiger charge is -2.32. The number of hydrogen-bond donors (Lipinski definition) is 1. The number of nitrogens with two attached hydrogens (primary N) is 1. The van der Waals surface area contributed by atoms with Crippen molar-refractivity contribution in [2.75, 3.05) is 19.8 Å². The smallest absolute Gasteiger partial charge is 0.234 e. The van der Waals surface area contributed by atoms with Crippen LogP contribution < -0.4 is 5.73 Å². The zero-order valence-electron chi connectivity index (χ0n) is 11.7. The van der Waals surface area contributed by atoms with Gasteiger partial charge in [-0.1, -0.05) is 28.9 Å². The highest BCUT2D eigenvalue weighted by Gasteiger charge is 2.38. The van der Waals surface area contributed by atoms with Gasteiger partial charge in [-0.15, -0.1) is 0 Å². The molecule has 1 aromatic heterocycles. The van der Waals surface area contributed by atoms with Crippen LogP contribution in [0.1, 0.15) is 30.1 Å². The van der Waals surface area contributed by atoms with Gasteiger partial charge in [0.1, 0.15) is 0 Å². The Morgan fingerprint density at radius 3 is 2.81 bits per heavy atom. The van der Waals surface area contributed by atoms with E-state index < -0.39 is 0 Å². The molecular weight excluding hydrogens is 290 g/mol. The third kappa shape index (κ3) is 3.10. The van der Waals surface area contributed by atoms with Crippen molar-refractivity contribution in [3.05, 3.63) is 46.6 Å². The van der Waals surface area contributed by atoms with Crippen molar-refractivity contribution in [2.45, 2.75) is 24.7 Å². The molecule has 0 atom stereocenters. The van der Waals surface area contributed by atoms with Gasteiger partial charge in [-0.2, -0.15) is 4.98 Å². The highest BCUT2D eigenvalue weighted by Crippen LogP contribution is 2.32. The van der Waals surface area contributed by atoms with Gasteiger partial charge in [-0.3, -0.25) is 0 Å². The summed E-state index contributed by atoms with van der Waals surface area (Å²) in [4.78, 5) is 4.55. The van der Waals surface area contributed by atoms with Crippen molar-refractivity contribution in [1.29, 1.82) is 0 Å². The average molecular weight is 308 g/mol. The highest BCUT2D eigenvalue weighted by atomic mass is 35.5. The molecule has 0 spiro atoms. The topological polar surface area (TPSA) is 74.2 Å². The molecular formula is C15H18ClN3O2. The lowest BCUT2D eigenvalue weighted by atomic mass is 9.80. The molecule has 0 radical (unpaired) electrons. The van der Waals surface area contributed by atoms with Crippen molar-refractivity contribution in [1.82, 2.24) is 10.1 Å². The Hall–Kier alpha value is -1.43. The number of halogens is 1. The summed E-state index contributed by atoms with van der Waals surface area (Å²) < 4.78 is 10.9. The standard InChI is InChI=1S/C15H18ClN3O2/c16-12-3-1-2-11(8-12)9-13-18-14(21-19-13)15(10-17)4-6-20-7-5-15/h1-3,8H,4-7,9-10,17H2. The van der Waals surface area contributed by atoms with Gasteiger partial charge in [0.25, 0.3) is 0 Å². The molecule has 1 aliphatic heterocycles. The second kappa shape index (κ2) is 6.13. The molecule has 3 rings (SSSR count). The number of benzene rings is 1. The van der Waals surface area contributed by atoms with Gasteiger partial charge in [0, 0.05) is 31.2 Å². The number of aromatic nitrogens is 2. The summed E-state index contributed by atoms with van der Waals surface area (Å²) in [5.74, 6) is 1.29. The van der Waals surface area contributed by atoms with Gasteiger partial charge >= 0.3 is 0 Å². The first-order chi connectivity index (χ1) is 10.2. The van der Waals surface area contributed by atoms with E-state index in [4.69, 9.17) is 26.6 Å². The Labute approximate surface area is 128 Å². The first-order valence-electron chi connectivity index (χ1n) is 7.07. The molecule has 112 valence electrons. The van der Waals surface area contributed by atoms with Crippen LogP contribution in [0.5, 0.6) is 0 Å². The van der Waals surface area contributed by atoms with Gasteiger partial charge in [0.2, 0.25) is 5.89 Å². The minimum atomic E-state index is -0.238. The van der Waals surface area contributed by atoms with Gasteiger partial charge in [-0.25, -0.2) is 0 Å². The minimum Gasteiger partial charge on any atom is -0.381 e. The quantitative estimate of drug-likeness (QED) is 0.938. The molecule has 5 nitrogen and oxygen atoms in total. The number of nitrogens with zero attached hydrogens (tertiary/aromatic N) is 2. The number of ether oxygens (including phenoxy) is 1. The van der Waals surface area contributed by atoms with Crippen LogP contribution in [0.2, 0.25) is 5.02 Å². The predicted molar refractivity (Wildman–Crippen MR) is 79.3 cm³/mol. The SMILES string of the molecule is NCC1(c2nc(Cc3cccc(Cl)c3)no2)CCOCC1. The van der Waals surface area contributed by atoms with E-state index >= 15 is 0 Å². The van der Waals surface area contributed by atoms with Crippen molar-refractivity contribution in [3.63, 3.8) is 0 Å². The number of hydrogen-bond acceptors (Lipinski definition) is 5. The van der Waals surface area contributed by atoms with Crippen molar-refractivity contribution in [3.8, 4) is 0 Å². The maximum absolute atomic E-state index is 5.99. The van der Waals surface area contributed by atoms with Crippen LogP contribution in [0, 0.1) is 0 Å². The summed E-state index contributed by atoms with van der Waals surface area (Å²) in [6.07, 6.45) is 2.24. The zero-order valence-corrected chi connectivity index (χ0v) is 12.5. The van der Waals surface area contributed by atoms with Crippen LogP contribution in [0.3, 0.4) is 0 Å². The van der Waals surface area contributed by atoms with Crippen molar-refractivity contribution in [2.24, 2.45) is 5.73 Å². The van der Waals surface area contributed by atoms with Crippen LogP contribution in [0.4, 0.5) is 0 Å². The van der Waals surface area contributed by atoms with E-state index in [9.17, 15) is 0 Å². The Bertz CT molecular complexity index is 608. The summed E-state index contributed by atoms with van der Waals surface area (Å²) in [7, 11) is 0. The first kappa shape index (κ1) is 14.5. The first-order valence-corrected chi connectivity index (χ1v) is 7.45. The van der Waals surface area contributed by atoms with E-state index in [0.717, 1.165) is 18.4 Å². The van der Waals surface area contributed by atoms with E-state index in [1.165, 1.54) is 0 Å². The summed E-state index contributed by atoms with van der Waals surface area (Å²) in [6.45, 7) is 1.86. The monoisotopic (exact) mass is 307 g/mol. The second-order valence-electron chi connectivity index (χ2n) is 5.42. The molecule has 0 unspecified atom stereocenters. The van der Waals surface area contributed by atoms with Gasteiger partial charge in [0.15, 0.2) is 5.82 Å². The minimum absolute atomic E-state index is 0.238. The fourth-order valence-corrected chi connectivity index (χ4v) is 2.85. The maximum Gasteiger partial charge on any atom is 0.234 e. The molecule has 0 bridgehead atoms. The van der Waals surface area contributed by atoms with Crippen molar-refractivity contribution < 1.29 is 9.26 Å². The third-order valence-electron chi connectivity index (χ3n) is 4.01. The zero-order chi connectivity index (χ0) is 14.7. The molecule has 1 saturated heterocycles. The molecule has 1 aliphatic rings. The molecule has 2 heterocycles. The van der Waals surface area contributed by atoms with E-state index in [1.54, 1.807) is 0 Å².